The molecule has 0 aliphatic carbocycles. The monoisotopic (exact) mass is 482 g/mol. The molecular formula is C29H30N4OS. The van der Waals surface area contributed by atoms with Gasteiger partial charge >= 0.3 is 0 Å². The number of pyridine rings is 1. The van der Waals surface area contributed by atoms with Crippen LogP contribution in [0.1, 0.15) is 11.1 Å². The number of fused-ring (bicyclic) bond motifs is 3. The first kappa shape index (κ1) is 23.1. The van der Waals surface area contributed by atoms with Gasteiger partial charge in [-0.25, -0.2) is 4.98 Å². The van der Waals surface area contributed by atoms with Gasteiger partial charge < -0.3 is 20.3 Å². The van der Waals surface area contributed by atoms with Crippen LogP contribution in [0.3, 0.4) is 0 Å². The van der Waals surface area contributed by atoms with E-state index in [1.165, 1.54) is 32.3 Å². The van der Waals surface area contributed by atoms with Gasteiger partial charge in [0.25, 0.3) is 0 Å². The summed E-state index contributed by atoms with van der Waals surface area (Å²) in [5.74, 6) is 1.80. The molecular weight excluding hydrogens is 452 g/mol. The number of nitrogen functional groups attached to an aromatic ring is 1. The van der Waals surface area contributed by atoms with Crippen LogP contribution in [0.25, 0.3) is 31.3 Å². The number of benzene rings is 3. The van der Waals surface area contributed by atoms with E-state index in [-0.39, 0.29) is 0 Å². The number of methoxy groups -OCH3 is 1. The van der Waals surface area contributed by atoms with Crippen LogP contribution in [0.4, 0.5) is 11.5 Å². The maximum absolute atomic E-state index is 6.39. The summed E-state index contributed by atoms with van der Waals surface area (Å²) in [6.45, 7) is 1.68. The Hall–Kier alpha value is -3.61. The minimum Gasteiger partial charge on any atom is -0.497 e. The van der Waals surface area contributed by atoms with Crippen molar-refractivity contribution in [3.05, 3.63) is 84.1 Å². The van der Waals surface area contributed by atoms with E-state index in [2.05, 4.69) is 85.5 Å². The molecule has 2 N–H and O–H groups in total. The molecule has 0 saturated heterocycles. The van der Waals surface area contributed by atoms with Crippen LogP contribution in [0.15, 0.2) is 72.9 Å². The Balaban J connectivity index is 1.51. The Morgan fingerprint density at radius 1 is 0.857 bits per heavy atom. The van der Waals surface area contributed by atoms with Gasteiger partial charge in [-0.2, -0.15) is 0 Å². The molecule has 3 aromatic carbocycles. The van der Waals surface area contributed by atoms with Crippen molar-refractivity contribution in [3.8, 4) is 16.9 Å². The molecule has 0 bridgehead atoms. The van der Waals surface area contributed by atoms with Crippen LogP contribution in [0.2, 0.25) is 0 Å². The van der Waals surface area contributed by atoms with E-state index in [0.717, 1.165) is 40.4 Å². The SMILES string of the molecule is COc1ccc(CN(C)c2ncc(N)c3sc4cc(-c5ccc(CN(C)C)cc5)ccc4c23)cc1. The summed E-state index contributed by atoms with van der Waals surface area (Å²) < 4.78 is 7.59. The highest BCUT2D eigenvalue weighted by Crippen LogP contribution is 2.42. The maximum atomic E-state index is 6.39. The third-order valence-corrected chi connectivity index (χ3v) is 7.43. The van der Waals surface area contributed by atoms with Crippen LogP contribution < -0.4 is 15.4 Å². The lowest BCUT2D eigenvalue weighted by atomic mass is 10.0. The lowest BCUT2D eigenvalue weighted by molar-refractivity contribution is 0.402. The van der Waals surface area contributed by atoms with E-state index in [4.69, 9.17) is 15.5 Å². The molecule has 0 amide bonds. The Labute approximate surface area is 210 Å². The van der Waals surface area contributed by atoms with Gasteiger partial charge in [0.1, 0.15) is 11.6 Å². The summed E-state index contributed by atoms with van der Waals surface area (Å²) in [4.78, 5) is 9.12. The van der Waals surface area contributed by atoms with Crippen LogP contribution >= 0.6 is 11.3 Å². The van der Waals surface area contributed by atoms with Gasteiger partial charge in [-0.3, -0.25) is 0 Å². The zero-order valence-corrected chi connectivity index (χ0v) is 21.4. The molecule has 35 heavy (non-hydrogen) atoms. The molecule has 178 valence electrons. The van der Waals surface area contributed by atoms with E-state index in [0.29, 0.717) is 0 Å². The van der Waals surface area contributed by atoms with E-state index in [1.807, 2.05) is 12.1 Å². The molecule has 6 heteroatoms. The van der Waals surface area contributed by atoms with E-state index >= 15 is 0 Å². The molecule has 0 aliphatic rings. The van der Waals surface area contributed by atoms with Crippen molar-refractivity contribution >= 4 is 43.0 Å². The average molecular weight is 483 g/mol. The quantitative estimate of drug-likeness (QED) is 0.291. The largest absolute Gasteiger partial charge is 0.497 e. The molecule has 0 fully saturated rings. The highest BCUT2D eigenvalue weighted by molar-refractivity contribution is 7.26. The fourth-order valence-corrected chi connectivity index (χ4v) is 5.65. The van der Waals surface area contributed by atoms with Crippen molar-refractivity contribution in [1.82, 2.24) is 9.88 Å². The predicted molar refractivity (Wildman–Crippen MR) is 149 cm³/mol. The molecule has 0 spiro atoms. The molecule has 5 aromatic rings. The lowest BCUT2D eigenvalue weighted by Crippen LogP contribution is -2.18. The fraction of sp³-hybridized carbons (Fsp3) is 0.207. The zero-order valence-electron chi connectivity index (χ0n) is 20.6. The zero-order chi connectivity index (χ0) is 24.5. The van der Waals surface area contributed by atoms with Crippen molar-refractivity contribution in [2.24, 2.45) is 0 Å². The number of hydrogen-bond acceptors (Lipinski definition) is 6. The number of ether oxygens (including phenoxy) is 1. The van der Waals surface area contributed by atoms with Gasteiger partial charge in [0.05, 0.1) is 23.7 Å². The Kier molecular flexibility index (Phi) is 6.32. The third-order valence-electron chi connectivity index (χ3n) is 6.23. The Bertz CT molecular complexity index is 1470. The van der Waals surface area contributed by atoms with Crippen molar-refractivity contribution < 1.29 is 4.74 Å². The summed E-state index contributed by atoms with van der Waals surface area (Å²) in [7, 11) is 7.94. The molecule has 0 unspecified atom stereocenters. The number of aromatic nitrogens is 1. The van der Waals surface area contributed by atoms with Crippen LogP contribution in [0, 0.1) is 0 Å². The molecule has 2 aromatic heterocycles. The molecule has 0 radical (unpaired) electrons. The van der Waals surface area contributed by atoms with Crippen molar-refractivity contribution in [3.63, 3.8) is 0 Å². The first-order chi connectivity index (χ1) is 16.9. The topological polar surface area (TPSA) is 54.6 Å². The summed E-state index contributed by atoms with van der Waals surface area (Å²) in [6.07, 6.45) is 1.78. The number of nitrogens with two attached hydrogens (primary N) is 1. The summed E-state index contributed by atoms with van der Waals surface area (Å²) in [6, 6.07) is 23.7. The fourth-order valence-electron chi connectivity index (χ4n) is 4.49. The third kappa shape index (κ3) is 4.67. The normalized spacial score (nSPS) is 11.5. The van der Waals surface area contributed by atoms with Crippen molar-refractivity contribution in [2.75, 3.05) is 38.9 Å². The lowest BCUT2D eigenvalue weighted by Gasteiger charge is -2.20. The number of thiophene rings is 1. The second kappa shape index (κ2) is 9.56. The van der Waals surface area contributed by atoms with Crippen molar-refractivity contribution in [1.29, 1.82) is 0 Å². The molecule has 0 aliphatic heterocycles. The van der Waals surface area contributed by atoms with E-state index in [1.54, 1.807) is 24.6 Å². The molecule has 0 atom stereocenters. The summed E-state index contributed by atoms with van der Waals surface area (Å²) in [5.41, 5.74) is 12.0. The molecule has 5 rings (SSSR count). The van der Waals surface area contributed by atoms with Crippen molar-refractivity contribution in [2.45, 2.75) is 13.1 Å². The number of nitrogens with zero attached hydrogens (tertiary/aromatic N) is 3. The molecule has 2 heterocycles. The highest BCUT2D eigenvalue weighted by Gasteiger charge is 2.17. The van der Waals surface area contributed by atoms with E-state index < -0.39 is 0 Å². The number of anilines is 2. The van der Waals surface area contributed by atoms with Gasteiger partial charge in [0, 0.05) is 35.6 Å². The molecule has 0 saturated carbocycles. The van der Waals surface area contributed by atoms with Crippen LogP contribution in [-0.2, 0) is 13.1 Å². The minimum atomic E-state index is 0.720. The van der Waals surface area contributed by atoms with Gasteiger partial charge in [0.15, 0.2) is 0 Å². The van der Waals surface area contributed by atoms with Gasteiger partial charge in [0.2, 0.25) is 0 Å². The van der Waals surface area contributed by atoms with Crippen LogP contribution in [0.5, 0.6) is 5.75 Å². The van der Waals surface area contributed by atoms with Gasteiger partial charge in [-0.05, 0) is 54.5 Å². The number of hydrogen-bond donors (Lipinski definition) is 1. The average Bonchev–Trinajstić information content (AvgIpc) is 3.24. The van der Waals surface area contributed by atoms with Gasteiger partial charge in [-0.1, -0.05) is 48.5 Å². The maximum Gasteiger partial charge on any atom is 0.138 e. The van der Waals surface area contributed by atoms with E-state index in [9.17, 15) is 0 Å². The van der Waals surface area contributed by atoms with Gasteiger partial charge in [-0.15, -0.1) is 11.3 Å². The molecule has 5 nitrogen and oxygen atoms in total. The summed E-state index contributed by atoms with van der Waals surface area (Å²) in [5, 5.41) is 2.31. The number of rotatable bonds is 7. The second-order valence-electron chi connectivity index (χ2n) is 9.19. The van der Waals surface area contributed by atoms with Crippen LogP contribution in [-0.4, -0.2) is 38.1 Å². The standard InChI is InChI=1S/C29H30N4OS/c1-32(2)17-19-5-9-21(10-6-19)22-11-14-24-26(15-22)35-28-25(30)16-31-29(27(24)28)33(3)18-20-7-12-23(34-4)13-8-20/h5-16H,17-18,30H2,1-4H3. The highest BCUT2D eigenvalue weighted by atomic mass is 32.1. The smallest absolute Gasteiger partial charge is 0.138 e. The predicted octanol–water partition coefficient (Wildman–Crippen LogP) is 6.41. The first-order valence-electron chi connectivity index (χ1n) is 11.6. The summed E-state index contributed by atoms with van der Waals surface area (Å²) >= 11 is 1.74. The second-order valence-corrected chi connectivity index (χ2v) is 10.2. The first-order valence-corrected chi connectivity index (χ1v) is 12.4. The minimum absolute atomic E-state index is 0.720. The Morgan fingerprint density at radius 2 is 1.51 bits per heavy atom. The Morgan fingerprint density at radius 3 is 2.20 bits per heavy atom.